The van der Waals surface area contributed by atoms with Gasteiger partial charge in [0, 0.05) is 5.71 Å². The second-order valence-corrected chi connectivity index (χ2v) is 7.81. The number of carbonyl (C=O) groups is 3. The first-order valence-electron chi connectivity index (χ1n) is 9.52. The summed E-state index contributed by atoms with van der Waals surface area (Å²) in [5.74, 6) is -0.732. The molecule has 1 aromatic rings. The molecule has 148 valence electrons. The molecule has 0 spiro atoms. The molecule has 0 aromatic heterocycles. The third-order valence-electron chi connectivity index (χ3n) is 4.72. The van der Waals surface area contributed by atoms with Gasteiger partial charge in [-0.1, -0.05) is 50.1 Å². The summed E-state index contributed by atoms with van der Waals surface area (Å²) < 4.78 is 0. The van der Waals surface area contributed by atoms with E-state index in [9.17, 15) is 14.4 Å². The summed E-state index contributed by atoms with van der Waals surface area (Å²) in [7, 11) is 0. The van der Waals surface area contributed by atoms with Gasteiger partial charge in [-0.3, -0.25) is 24.2 Å². The number of carbonyl (C=O) groups excluding carboxylic acids is 3. The van der Waals surface area contributed by atoms with Crippen LogP contribution in [-0.4, -0.2) is 50.8 Å². The van der Waals surface area contributed by atoms with Crippen molar-refractivity contribution < 1.29 is 14.4 Å². The van der Waals surface area contributed by atoms with Crippen LogP contribution in [0.4, 0.5) is 0 Å². The van der Waals surface area contributed by atoms with E-state index >= 15 is 0 Å². The highest BCUT2D eigenvalue weighted by Crippen LogP contribution is 2.26. The summed E-state index contributed by atoms with van der Waals surface area (Å²) in [4.78, 5) is 39.8. The molecule has 0 N–H and O–H groups in total. The highest BCUT2D eigenvalue weighted by Gasteiger charge is 2.39. The molecular weight excluding hydrogens is 376 g/mol. The van der Waals surface area contributed by atoms with Crippen LogP contribution in [-0.2, 0) is 4.79 Å². The standard InChI is InChI=1S/C20H24N4O3S/c1-3-4-5-6-9-14(2)21-22-20-23(17(25)12-28-20)13-24-18(26)15-10-7-8-11-16(15)19(24)27/h7-8,10-11H,3-6,9,12-13H2,1-2H3/b21-14+,22-20-. The van der Waals surface area contributed by atoms with Crippen molar-refractivity contribution in [3.63, 3.8) is 0 Å². The van der Waals surface area contributed by atoms with Crippen LogP contribution in [0.3, 0.4) is 0 Å². The van der Waals surface area contributed by atoms with Crippen molar-refractivity contribution >= 4 is 40.4 Å². The molecule has 0 aliphatic carbocycles. The highest BCUT2D eigenvalue weighted by molar-refractivity contribution is 8.15. The molecule has 28 heavy (non-hydrogen) atoms. The Bertz CT molecular complexity index is 815. The maximum absolute atomic E-state index is 12.5. The van der Waals surface area contributed by atoms with Gasteiger partial charge in [0.15, 0.2) is 5.17 Å². The van der Waals surface area contributed by atoms with E-state index in [1.165, 1.54) is 35.9 Å². The molecule has 1 saturated heterocycles. The maximum atomic E-state index is 12.5. The summed E-state index contributed by atoms with van der Waals surface area (Å²) in [6.45, 7) is 3.96. The van der Waals surface area contributed by atoms with Crippen molar-refractivity contribution in [1.29, 1.82) is 0 Å². The van der Waals surface area contributed by atoms with E-state index < -0.39 is 0 Å². The lowest BCUT2D eigenvalue weighted by molar-refractivity contribution is -0.124. The van der Waals surface area contributed by atoms with Gasteiger partial charge in [-0.05, 0) is 31.9 Å². The van der Waals surface area contributed by atoms with Crippen molar-refractivity contribution in [2.24, 2.45) is 10.2 Å². The molecule has 0 bridgehead atoms. The summed E-state index contributed by atoms with van der Waals surface area (Å²) in [6, 6.07) is 6.68. The molecule has 3 rings (SSSR count). The highest BCUT2D eigenvalue weighted by atomic mass is 32.2. The van der Waals surface area contributed by atoms with E-state index in [0.717, 1.165) is 23.5 Å². The molecule has 3 amide bonds. The monoisotopic (exact) mass is 400 g/mol. The summed E-state index contributed by atoms with van der Waals surface area (Å²) >= 11 is 1.27. The summed E-state index contributed by atoms with van der Waals surface area (Å²) in [6.07, 6.45) is 5.50. The van der Waals surface area contributed by atoms with Gasteiger partial charge < -0.3 is 0 Å². The van der Waals surface area contributed by atoms with Crippen LogP contribution in [0.1, 0.15) is 66.7 Å². The molecule has 0 atom stereocenters. The van der Waals surface area contributed by atoms with Crippen LogP contribution >= 0.6 is 11.8 Å². The van der Waals surface area contributed by atoms with Crippen molar-refractivity contribution in [2.45, 2.75) is 46.0 Å². The van der Waals surface area contributed by atoms with E-state index in [2.05, 4.69) is 17.1 Å². The Kier molecular flexibility index (Phi) is 6.61. The van der Waals surface area contributed by atoms with Gasteiger partial charge in [-0.15, -0.1) is 5.10 Å². The molecule has 0 unspecified atom stereocenters. The number of fused-ring (bicyclic) bond motifs is 1. The van der Waals surface area contributed by atoms with Gasteiger partial charge in [0.2, 0.25) is 5.91 Å². The Hall–Kier alpha value is -2.48. The first kappa shape index (κ1) is 20.3. The quantitative estimate of drug-likeness (QED) is 0.289. The van der Waals surface area contributed by atoms with Crippen molar-refractivity contribution in [2.75, 3.05) is 12.4 Å². The Morgan fingerprint density at radius 3 is 2.36 bits per heavy atom. The van der Waals surface area contributed by atoms with Crippen LogP contribution in [0, 0.1) is 0 Å². The van der Waals surface area contributed by atoms with Crippen molar-refractivity contribution in [1.82, 2.24) is 9.80 Å². The number of thioether (sulfide) groups is 1. The van der Waals surface area contributed by atoms with Gasteiger partial charge >= 0.3 is 0 Å². The average Bonchev–Trinajstić information content (AvgIpc) is 3.17. The van der Waals surface area contributed by atoms with Gasteiger partial charge in [-0.25, -0.2) is 0 Å². The van der Waals surface area contributed by atoms with E-state index in [1.807, 2.05) is 6.92 Å². The fraction of sp³-hybridized carbons (Fsp3) is 0.450. The smallest absolute Gasteiger partial charge is 0.263 e. The lowest BCUT2D eigenvalue weighted by Gasteiger charge is -2.21. The zero-order valence-corrected chi connectivity index (χ0v) is 17.0. The van der Waals surface area contributed by atoms with Crippen LogP contribution in [0.15, 0.2) is 34.5 Å². The molecular formula is C20H24N4O3S. The maximum Gasteiger partial charge on any atom is 0.263 e. The molecule has 8 heteroatoms. The summed E-state index contributed by atoms with van der Waals surface area (Å²) in [5.41, 5.74) is 1.64. The molecule has 2 aliphatic rings. The van der Waals surface area contributed by atoms with Gasteiger partial charge in [0.05, 0.1) is 16.9 Å². The van der Waals surface area contributed by atoms with Gasteiger partial charge in [0.1, 0.15) is 6.67 Å². The molecule has 2 aliphatic heterocycles. The van der Waals surface area contributed by atoms with E-state index in [-0.39, 0.29) is 30.1 Å². The Morgan fingerprint density at radius 2 is 1.71 bits per heavy atom. The van der Waals surface area contributed by atoms with E-state index in [4.69, 9.17) is 0 Å². The number of benzene rings is 1. The lowest BCUT2D eigenvalue weighted by atomic mass is 10.1. The van der Waals surface area contributed by atoms with E-state index in [1.54, 1.807) is 24.3 Å². The number of unbranched alkanes of at least 4 members (excludes halogenated alkanes) is 3. The minimum atomic E-state index is -0.389. The second kappa shape index (κ2) is 9.14. The van der Waals surface area contributed by atoms with Crippen LogP contribution in [0.5, 0.6) is 0 Å². The Morgan fingerprint density at radius 1 is 1.04 bits per heavy atom. The fourth-order valence-electron chi connectivity index (χ4n) is 3.11. The minimum Gasteiger partial charge on any atom is -0.273 e. The third kappa shape index (κ3) is 4.32. The van der Waals surface area contributed by atoms with Gasteiger partial charge in [-0.2, -0.15) is 5.10 Å². The number of nitrogens with zero attached hydrogens (tertiary/aromatic N) is 4. The van der Waals surface area contributed by atoms with Crippen molar-refractivity contribution in [3.05, 3.63) is 35.4 Å². The van der Waals surface area contributed by atoms with E-state index in [0.29, 0.717) is 16.3 Å². The van der Waals surface area contributed by atoms with Crippen LogP contribution in [0.2, 0.25) is 0 Å². The third-order valence-corrected chi connectivity index (χ3v) is 5.67. The number of hydrogen-bond acceptors (Lipinski definition) is 6. The molecule has 1 fully saturated rings. The minimum absolute atomic E-state index is 0.137. The largest absolute Gasteiger partial charge is 0.273 e. The lowest BCUT2D eigenvalue weighted by Crippen LogP contribution is -2.43. The number of imide groups is 1. The zero-order valence-electron chi connectivity index (χ0n) is 16.2. The fourth-order valence-corrected chi connectivity index (χ4v) is 3.93. The zero-order chi connectivity index (χ0) is 20.1. The summed E-state index contributed by atoms with van der Waals surface area (Å²) in [5, 5.41) is 8.89. The predicted molar refractivity (Wildman–Crippen MR) is 110 cm³/mol. The molecule has 7 nitrogen and oxygen atoms in total. The topological polar surface area (TPSA) is 82.4 Å². The number of amides is 3. The molecule has 2 heterocycles. The van der Waals surface area contributed by atoms with Crippen molar-refractivity contribution in [3.8, 4) is 0 Å². The second-order valence-electron chi connectivity index (χ2n) is 6.86. The van der Waals surface area contributed by atoms with Crippen LogP contribution in [0.25, 0.3) is 0 Å². The first-order chi connectivity index (χ1) is 13.5. The van der Waals surface area contributed by atoms with Gasteiger partial charge in [0.25, 0.3) is 11.8 Å². The molecule has 1 aromatic carbocycles. The average molecular weight is 401 g/mol. The van der Waals surface area contributed by atoms with Crippen LogP contribution < -0.4 is 0 Å². The molecule has 0 saturated carbocycles. The SMILES string of the molecule is CCCCCC/C(C)=N/N=C1\SCC(=O)N1CN1C(=O)c2ccccc2C1=O. The Balaban J connectivity index is 1.68. The number of rotatable bonds is 8. The number of hydrogen-bond donors (Lipinski definition) is 0. The molecule has 0 radical (unpaired) electrons. The Labute approximate surface area is 168 Å². The predicted octanol–water partition coefficient (Wildman–Crippen LogP) is 3.52. The normalized spacial score (nSPS) is 18.6. The first-order valence-corrected chi connectivity index (χ1v) is 10.5. The number of amidine groups is 1.